The van der Waals surface area contributed by atoms with Crippen molar-refractivity contribution in [3.05, 3.63) is 24.3 Å². The Morgan fingerprint density at radius 2 is 2.12 bits per heavy atom. The molecule has 0 atom stereocenters. The standard InChI is InChI=1S/C13H18N2O2/c14-11-3-1-2-4-12(11)15(7-8-16)13(17)9-10-5-6-10/h1-4,10,16H,5-9,14H2. The van der Waals surface area contributed by atoms with E-state index in [1.165, 1.54) is 0 Å². The average Bonchev–Trinajstić information content (AvgIpc) is 3.11. The van der Waals surface area contributed by atoms with Crippen LogP contribution >= 0.6 is 0 Å². The van der Waals surface area contributed by atoms with Crippen molar-refractivity contribution in [2.24, 2.45) is 5.92 Å². The number of nitrogens with zero attached hydrogens (tertiary/aromatic N) is 1. The van der Waals surface area contributed by atoms with E-state index < -0.39 is 0 Å². The van der Waals surface area contributed by atoms with E-state index in [0.29, 0.717) is 30.3 Å². The summed E-state index contributed by atoms with van der Waals surface area (Å²) in [5.74, 6) is 0.591. The van der Waals surface area contributed by atoms with E-state index in [2.05, 4.69) is 0 Å². The third-order valence-corrected chi connectivity index (χ3v) is 3.01. The van der Waals surface area contributed by atoms with Gasteiger partial charge in [-0.1, -0.05) is 12.1 Å². The molecule has 17 heavy (non-hydrogen) atoms. The molecule has 0 radical (unpaired) electrons. The normalized spacial score (nSPS) is 14.6. The highest BCUT2D eigenvalue weighted by Gasteiger charge is 2.27. The lowest BCUT2D eigenvalue weighted by molar-refractivity contribution is -0.119. The molecule has 1 fully saturated rings. The summed E-state index contributed by atoms with van der Waals surface area (Å²) >= 11 is 0. The van der Waals surface area contributed by atoms with Crippen LogP contribution in [-0.2, 0) is 4.79 Å². The van der Waals surface area contributed by atoms with Crippen LogP contribution in [0.5, 0.6) is 0 Å². The van der Waals surface area contributed by atoms with Crippen molar-refractivity contribution in [1.29, 1.82) is 0 Å². The fraction of sp³-hybridized carbons (Fsp3) is 0.462. The molecule has 0 spiro atoms. The molecule has 0 bridgehead atoms. The van der Waals surface area contributed by atoms with Crippen LogP contribution < -0.4 is 10.6 Å². The Hall–Kier alpha value is -1.55. The second kappa shape index (κ2) is 5.19. The molecule has 2 rings (SSSR count). The molecule has 0 unspecified atom stereocenters. The topological polar surface area (TPSA) is 66.6 Å². The third-order valence-electron chi connectivity index (χ3n) is 3.01. The van der Waals surface area contributed by atoms with Gasteiger partial charge in [0.05, 0.1) is 18.0 Å². The summed E-state index contributed by atoms with van der Waals surface area (Å²) in [5.41, 5.74) is 7.14. The van der Waals surface area contributed by atoms with E-state index >= 15 is 0 Å². The molecule has 4 heteroatoms. The first-order chi connectivity index (χ1) is 8.22. The Balaban J connectivity index is 2.15. The maximum Gasteiger partial charge on any atom is 0.227 e. The fourth-order valence-corrected chi connectivity index (χ4v) is 1.89. The van der Waals surface area contributed by atoms with Gasteiger partial charge in [0.15, 0.2) is 0 Å². The van der Waals surface area contributed by atoms with Crippen LogP contribution in [0.15, 0.2) is 24.3 Å². The molecule has 1 aliphatic carbocycles. The van der Waals surface area contributed by atoms with Crippen molar-refractivity contribution >= 4 is 17.3 Å². The van der Waals surface area contributed by atoms with Gasteiger partial charge in [0, 0.05) is 13.0 Å². The van der Waals surface area contributed by atoms with Gasteiger partial charge in [-0.25, -0.2) is 0 Å². The van der Waals surface area contributed by atoms with E-state index in [1.807, 2.05) is 18.2 Å². The molecule has 3 N–H and O–H groups in total. The zero-order valence-corrected chi connectivity index (χ0v) is 9.80. The van der Waals surface area contributed by atoms with Crippen molar-refractivity contribution < 1.29 is 9.90 Å². The van der Waals surface area contributed by atoms with Crippen LogP contribution in [0, 0.1) is 5.92 Å². The number of carbonyl (C=O) groups is 1. The number of carbonyl (C=O) groups excluding carboxylic acids is 1. The number of hydrogen-bond acceptors (Lipinski definition) is 3. The van der Waals surface area contributed by atoms with Gasteiger partial charge in [-0.15, -0.1) is 0 Å². The number of nitrogen functional groups attached to an aromatic ring is 1. The SMILES string of the molecule is Nc1ccccc1N(CCO)C(=O)CC1CC1. The highest BCUT2D eigenvalue weighted by molar-refractivity contribution is 5.96. The zero-order valence-electron chi connectivity index (χ0n) is 9.80. The minimum Gasteiger partial charge on any atom is -0.397 e. The Kier molecular flexibility index (Phi) is 3.64. The van der Waals surface area contributed by atoms with Gasteiger partial charge in [-0.05, 0) is 30.9 Å². The van der Waals surface area contributed by atoms with Crippen molar-refractivity contribution in [2.75, 3.05) is 23.8 Å². The van der Waals surface area contributed by atoms with Crippen LogP contribution in [0.4, 0.5) is 11.4 Å². The molecule has 1 aromatic carbocycles. The van der Waals surface area contributed by atoms with Gasteiger partial charge in [-0.2, -0.15) is 0 Å². The third kappa shape index (κ3) is 2.97. The summed E-state index contributed by atoms with van der Waals surface area (Å²) in [5, 5.41) is 9.05. The van der Waals surface area contributed by atoms with E-state index in [-0.39, 0.29) is 12.5 Å². The monoisotopic (exact) mass is 234 g/mol. The molecule has 1 aliphatic rings. The van der Waals surface area contributed by atoms with Crippen LogP contribution in [0.1, 0.15) is 19.3 Å². The molecule has 4 nitrogen and oxygen atoms in total. The lowest BCUT2D eigenvalue weighted by Gasteiger charge is -2.23. The highest BCUT2D eigenvalue weighted by Crippen LogP contribution is 2.34. The number of benzene rings is 1. The number of aliphatic hydroxyl groups is 1. The van der Waals surface area contributed by atoms with Crippen LogP contribution in [0.3, 0.4) is 0 Å². The molecular weight excluding hydrogens is 216 g/mol. The molecule has 0 aromatic heterocycles. The van der Waals surface area contributed by atoms with Gasteiger partial charge in [0.2, 0.25) is 5.91 Å². The maximum absolute atomic E-state index is 12.1. The van der Waals surface area contributed by atoms with Crippen LogP contribution in [-0.4, -0.2) is 24.2 Å². The first-order valence-corrected chi connectivity index (χ1v) is 5.98. The summed E-state index contributed by atoms with van der Waals surface area (Å²) < 4.78 is 0. The molecule has 1 amide bonds. The Morgan fingerprint density at radius 3 is 2.71 bits per heavy atom. The minimum atomic E-state index is -0.0509. The van der Waals surface area contributed by atoms with E-state index in [4.69, 9.17) is 10.8 Å². The minimum absolute atomic E-state index is 0.0509. The number of hydrogen-bond donors (Lipinski definition) is 2. The molecule has 0 aliphatic heterocycles. The van der Waals surface area contributed by atoms with Crippen molar-refractivity contribution in [2.45, 2.75) is 19.3 Å². The number of para-hydroxylation sites is 2. The van der Waals surface area contributed by atoms with E-state index in [0.717, 1.165) is 12.8 Å². The predicted molar refractivity (Wildman–Crippen MR) is 67.6 cm³/mol. The molecule has 0 heterocycles. The molecule has 1 saturated carbocycles. The van der Waals surface area contributed by atoms with Crippen molar-refractivity contribution in [3.63, 3.8) is 0 Å². The molecule has 92 valence electrons. The summed E-state index contributed by atoms with van der Waals surface area (Å²) in [7, 11) is 0. The smallest absolute Gasteiger partial charge is 0.227 e. The fourth-order valence-electron chi connectivity index (χ4n) is 1.89. The Morgan fingerprint density at radius 1 is 1.41 bits per heavy atom. The quantitative estimate of drug-likeness (QED) is 0.757. The number of amides is 1. The first-order valence-electron chi connectivity index (χ1n) is 5.98. The lowest BCUT2D eigenvalue weighted by atomic mass is 10.2. The summed E-state index contributed by atoms with van der Waals surface area (Å²) in [6.07, 6.45) is 2.85. The summed E-state index contributed by atoms with van der Waals surface area (Å²) in [6.45, 7) is 0.254. The van der Waals surface area contributed by atoms with E-state index in [9.17, 15) is 4.79 Å². The largest absolute Gasteiger partial charge is 0.397 e. The van der Waals surface area contributed by atoms with Gasteiger partial charge in [-0.3, -0.25) is 4.79 Å². The highest BCUT2D eigenvalue weighted by atomic mass is 16.3. The number of rotatable bonds is 5. The van der Waals surface area contributed by atoms with E-state index in [1.54, 1.807) is 11.0 Å². The van der Waals surface area contributed by atoms with Crippen molar-refractivity contribution in [1.82, 2.24) is 0 Å². The Bertz CT molecular complexity index is 402. The van der Waals surface area contributed by atoms with Gasteiger partial charge >= 0.3 is 0 Å². The lowest BCUT2D eigenvalue weighted by Crippen LogP contribution is -2.34. The van der Waals surface area contributed by atoms with Crippen LogP contribution in [0.25, 0.3) is 0 Å². The Labute approximate surface area is 101 Å². The van der Waals surface area contributed by atoms with Gasteiger partial charge in [0.1, 0.15) is 0 Å². The molecule has 1 aromatic rings. The average molecular weight is 234 g/mol. The molecule has 0 saturated heterocycles. The van der Waals surface area contributed by atoms with Gasteiger partial charge in [0.25, 0.3) is 0 Å². The van der Waals surface area contributed by atoms with Crippen molar-refractivity contribution in [3.8, 4) is 0 Å². The predicted octanol–water partition coefficient (Wildman–Crippen LogP) is 1.39. The summed E-state index contributed by atoms with van der Waals surface area (Å²) in [4.78, 5) is 13.7. The second-order valence-corrected chi connectivity index (χ2v) is 4.48. The summed E-state index contributed by atoms with van der Waals surface area (Å²) in [6, 6.07) is 7.27. The van der Waals surface area contributed by atoms with Gasteiger partial charge < -0.3 is 15.7 Å². The molecular formula is C13H18N2O2. The second-order valence-electron chi connectivity index (χ2n) is 4.48. The number of nitrogens with two attached hydrogens (primary N) is 1. The maximum atomic E-state index is 12.1. The number of anilines is 2. The first kappa shape index (κ1) is 11.9. The van der Waals surface area contributed by atoms with Crippen LogP contribution in [0.2, 0.25) is 0 Å². The number of aliphatic hydroxyl groups excluding tert-OH is 1. The zero-order chi connectivity index (χ0) is 12.3.